The molecule has 0 saturated carbocycles. The average Bonchev–Trinajstić information content (AvgIpc) is 2.54. The molecule has 0 saturated heterocycles. The number of hydrogen-bond acceptors (Lipinski definition) is 3. The summed E-state index contributed by atoms with van der Waals surface area (Å²) in [4.78, 5) is 11.8. The maximum Gasteiger partial charge on any atom is 0.241 e. The fourth-order valence-electron chi connectivity index (χ4n) is 1.95. The van der Waals surface area contributed by atoms with Crippen molar-refractivity contribution in [1.29, 1.82) is 0 Å². The molecule has 1 amide bonds. The molecule has 0 aromatic heterocycles. The van der Waals surface area contributed by atoms with Crippen LogP contribution in [-0.2, 0) is 21.4 Å². The smallest absolute Gasteiger partial charge is 0.241 e. The van der Waals surface area contributed by atoms with Crippen molar-refractivity contribution in [2.24, 2.45) is 0 Å². The fraction of sp³-hybridized carbons (Fsp3) is 0.188. The van der Waals surface area contributed by atoms with Crippen molar-refractivity contribution in [3.8, 4) is 0 Å². The van der Waals surface area contributed by atoms with Gasteiger partial charge in [-0.05, 0) is 36.2 Å². The molecule has 0 atom stereocenters. The number of carbonyl (C=O) groups is 1. The summed E-state index contributed by atoms with van der Waals surface area (Å²) in [5.41, 5.74) is 2.02. The third-order valence-corrected chi connectivity index (χ3v) is 5.50. The van der Waals surface area contributed by atoms with Crippen LogP contribution >= 0.6 is 23.2 Å². The summed E-state index contributed by atoms with van der Waals surface area (Å²) >= 11 is 11.6. The summed E-state index contributed by atoms with van der Waals surface area (Å²) in [6, 6.07) is 11.6. The van der Waals surface area contributed by atoms with Crippen LogP contribution < -0.4 is 10.0 Å². The summed E-state index contributed by atoms with van der Waals surface area (Å²) in [5, 5.41) is 3.06. The standard InChI is InChI=1S/C16H16Cl2N2O3S/c1-11-4-2-3-5-12(11)9-19-16(21)10-20-24(22,23)13-6-7-14(17)15(18)8-13/h2-8,20H,9-10H2,1H3,(H,19,21). The first-order chi connectivity index (χ1) is 11.3. The lowest BCUT2D eigenvalue weighted by Crippen LogP contribution is -2.36. The van der Waals surface area contributed by atoms with Crippen LogP contribution in [0.2, 0.25) is 10.0 Å². The topological polar surface area (TPSA) is 75.3 Å². The molecule has 2 aromatic rings. The van der Waals surface area contributed by atoms with Crippen LogP contribution in [0.15, 0.2) is 47.4 Å². The quantitative estimate of drug-likeness (QED) is 0.801. The molecule has 24 heavy (non-hydrogen) atoms. The van der Waals surface area contributed by atoms with E-state index in [2.05, 4.69) is 10.0 Å². The van der Waals surface area contributed by atoms with Gasteiger partial charge in [-0.2, -0.15) is 0 Å². The van der Waals surface area contributed by atoms with Crippen molar-refractivity contribution in [2.75, 3.05) is 6.54 Å². The lowest BCUT2D eigenvalue weighted by Gasteiger charge is -2.10. The number of amides is 1. The van der Waals surface area contributed by atoms with Gasteiger partial charge in [-0.1, -0.05) is 47.5 Å². The number of hydrogen-bond donors (Lipinski definition) is 2. The zero-order valence-electron chi connectivity index (χ0n) is 12.8. The molecule has 0 bridgehead atoms. The number of carbonyl (C=O) groups excluding carboxylic acids is 1. The third-order valence-electron chi connectivity index (χ3n) is 3.36. The zero-order chi connectivity index (χ0) is 17.7. The molecule has 2 aromatic carbocycles. The molecule has 2 N–H and O–H groups in total. The van der Waals surface area contributed by atoms with E-state index in [1.54, 1.807) is 0 Å². The second-order valence-electron chi connectivity index (χ2n) is 5.10. The van der Waals surface area contributed by atoms with Gasteiger partial charge in [-0.3, -0.25) is 4.79 Å². The van der Waals surface area contributed by atoms with Crippen LogP contribution in [0.3, 0.4) is 0 Å². The predicted octanol–water partition coefficient (Wildman–Crippen LogP) is 2.90. The second-order valence-corrected chi connectivity index (χ2v) is 7.69. The highest BCUT2D eigenvalue weighted by atomic mass is 35.5. The van der Waals surface area contributed by atoms with Gasteiger partial charge in [0.05, 0.1) is 21.5 Å². The Balaban J connectivity index is 1.93. The molecule has 2 rings (SSSR count). The number of sulfonamides is 1. The van der Waals surface area contributed by atoms with Gasteiger partial charge in [-0.15, -0.1) is 0 Å². The first-order valence-corrected chi connectivity index (χ1v) is 9.29. The summed E-state index contributed by atoms with van der Waals surface area (Å²) in [6.07, 6.45) is 0. The summed E-state index contributed by atoms with van der Waals surface area (Å²) in [6.45, 7) is 1.91. The number of nitrogens with one attached hydrogen (secondary N) is 2. The van der Waals surface area contributed by atoms with E-state index >= 15 is 0 Å². The Kier molecular flexibility index (Phi) is 6.23. The van der Waals surface area contributed by atoms with Gasteiger partial charge in [0.2, 0.25) is 15.9 Å². The van der Waals surface area contributed by atoms with Crippen LogP contribution in [0.5, 0.6) is 0 Å². The van der Waals surface area contributed by atoms with Crippen molar-refractivity contribution < 1.29 is 13.2 Å². The minimum absolute atomic E-state index is 0.0522. The van der Waals surface area contributed by atoms with Crippen molar-refractivity contribution in [1.82, 2.24) is 10.0 Å². The monoisotopic (exact) mass is 386 g/mol. The molecule has 0 spiro atoms. The van der Waals surface area contributed by atoms with Gasteiger partial charge in [0.1, 0.15) is 0 Å². The normalized spacial score (nSPS) is 11.3. The van der Waals surface area contributed by atoms with E-state index in [4.69, 9.17) is 23.2 Å². The summed E-state index contributed by atoms with van der Waals surface area (Å²) in [7, 11) is -3.84. The fourth-order valence-corrected chi connectivity index (χ4v) is 3.32. The predicted molar refractivity (Wildman–Crippen MR) is 94.7 cm³/mol. The lowest BCUT2D eigenvalue weighted by atomic mass is 10.1. The van der Waals surface area contributed by atoms with E-state index in [0.29, 0.717) is 6.54 Å². The van der Waals surface area contributed by atoms with Gasteiger partial charge in [0.25, 0.3) is 0 Å². The highest BCUT2D eigenvalue weighted by Crippen LogP contribution is 2.24. The Bertz CT molecular complexity index is 854. The molecular formula is C16H16Cl2N2O3S. The Hall–Kier alpha value is -1.60. The molecule has 0 aliphatic rings. The molecule has 5 nitrogen and oxygen atoms in total. The maximum atomic E-state index is 12.1. The van der Waals surface area contributed by atoms with E-state index in [-0.39, 0.29) is 21.5 Å². The van der Waals surface area contributed by atoms with Crippen LogP contribution in [-0.4, -0.2) is 20.9 Å². The second kappa shape index (κ2) is 7.98. The summed E-state index contributed by atoms with van der Waals surface area (Å²) in [5.74, 6) is -0.429. The van der Waals surface area contributed by atoms with Gasteiger partial charge >= 0.3 is 0 Å². The van der Waals surface area contributed by atoms with Crippen molar-refractivity contribution in [2.45, 2.75) is 18.4 Å². The average molecular weight is 387 g/mol. The first kappa shape index (κ1) is 18.7. The van der Waals surface area contributed by atoms with E-state index in [9.17, 15) is 13.2 Å². The molecule has 0 unspecified atom stereocenters. The molecule has 0 aliphatic heterocycles. The number of rotatable bonds is 6. The molecule has 128 valence electrons. The van der Waals surface area contributed by atoms with Crippen molar-refractivity contribution in [3.63, 3.8) is 0 Å². The number of halogens is 2. The molecule has 0 aliphatic carbocycles. The zero-order valence-corrected chi connectivity index (χ0v) is 15.2. The largest absolute Gasteiger partial charge is 0.351 e. The van der Waals surface area contributed by atoms with Gasteiger partial charge < -0.3 is 5.32 Å². The van der Waals surface area contributed by atoms with Crippen LogP contribution in [0.25, 0.3) is 0 Å². The van der Waals surface area contributed by atoms with Crippen molar-refractivity contribution >= 4 is 39.1 Å². The van der Waals surface area contributed by atoms with Crippen molar-refractivity contribution in [3.05, 3.63) is 63.6 Å². The molecule has 8 heteroatoms. The third kappa shape index (κ3) is 4.95. The van der Waals surface area contributed by atoms with Gasteiger partial charge in [0.15, 0.2) is 0 Å². The van der Waals surface area contributed by atoms with E-state index in [1.165, 1.54) is 18.2 Å². The minimum atomic E-state index is -3.84. The highest BCUT2D eigenvalue weighted by Gasteiger charge is 2.16. The highest BCUT2D eigenvalue weighted by molar-refractivity contribution is 7.89. The molecule has 0 radical (unpaired) electrons. The minimum Gasteiger partial charge on any atom is -0.351 e. The van der Waals surface area contributed by atoms with Gasteiger partial charge in [0, 0.05) is 6.54 Å². The molecule has 0 heterocycles. The molecule has 0 fully saturated rings. The number of benzene rings is 2. The summed E-state index contributed by atoms with van der Waals surface area (Å²) < 4.78 is 26.5. The molecular weight excluding hydrogens is 371 g/mol. The van der Waals surface area contributed by atoms with Gasteiger partial charge in [-0.25, -0.2) is 13.1 Å². The van der Waals surface area contributed by atoms with E-state index in [1.807, 2.05) is 31.2 Å². The Labute approximate surface area is 151 Å². The maximum absolute atomic E-state index is 12.1. The first-order valence-electron chi connectivity index (χ1n) is 7.05. The Morgan fingerprint density at radius 2 is 1.79 bits per heavy atom. The Morgan fingerprint density at radius 1 is 1.08 bits per heavy atom. The number of aryl methyl sites for hydroxylation is 1. The van der Waals surface area contributed by atoms with E-state index in [0.717, 1.165) is 11.1 Å². The Morgan fingerprint density at radius 3 is 2.46 bits per heavy atom. The van der Waals surface area contributed by atoms with E-state index < -0.39 is 15.9 Å². The lowest BCUT2D eigenvalue weighted by molar-refractivity contribution is -0.120. The van der Waals surface area contributed by atoms with Crippen LogP contribution in [0.1, 0.15) is 11.1 Å². The van der Waals surface area contributed by atoms with Crippen LogP contribution in [0, 0.1) is 6.92 Å². The van der Waals surface area contributed by atoms with Crippen LogP contribution in [0.4, 0.5) is 0 Å². The SMILES string of the molecule is Cc1ccccc1CNC(=O)CNS(=O)(=O)c1ccc(Cl)c(Cl)c1.